The summed E-state index contributed by atoms with van der Waals surface area (Å²) in [7, 11) is 0. The predicted octanol–water partition coefficient (Wildman–Crippen LogP) is 1.78. The van der Waals surface area contributed by atoms with Crippen LogP contribution >= 0.6 is 0 Å². The van der Waals surface area contributed by atoms with E-state index in [1.807, 2.05) is 6.92 Å². The molecular formula is C12H15N3O4. The van der Waals surface area contributed by atoms with Gasteiger partial charge in [-0.25, -0.2) is 5.01 Å². The van der Waals surface area contributed by atoms with E-state index in [0.717, 1.165) is 5.01 Å². The van der Waals surface area contributed by atoms with Crippen molar-refractivity contribution in [1.82, 2.24) is 5.43 Å². The highest BCUT2D eigenvalue weighted by molar-refractivity contribution is 5.94. The van der Waals surface area contributed by atoms with Crippen LogP contribution in [0.15, 0.2) is 24.3 Å². The third kappa shape index (κ3) is 4.06. The zero-order chi connectivity index (χ0) is 14.4. The lowest BCUT2D eigenvalue weighted by Crippen LogP contribution is -2.45. The van der Waals surface area contributed by atoms with E-state index in [9.17, 15) is 19.7 Å². The fraction of sp³-hybridized carbons (Fsp3) is 0.333. The number of anilines is 1. The molecule has 0 aliphatic heterocycles. The summed E-state index contributed by atoms with van der Waals surface area (Å²) in [6, 6.07) is 5.37. The second-order valence-corrected chi connectivity index (χ2v) is 3.91. The first-order valence-corrected chi connectivity index (χ1v) is 5.80. The summed E-state index contributed by atoms with van der Waals surface area (Å²) in [6.07, 6.45) is 0.967. The zero-order valence-electron chi connectivity index (χ0n) is 10.8. The number of hydrogen-bond donors (Lipinski definition) is 1. The van der Waals surface area contributed by atoms with Gasteiger partial charge < -0.3 is 0 Å². The van der Waals surface area contributed by atoms with Gasteiger partial charge in [-0.05, 0) is 18.6 Å². The summed E-state index contributed by atoms with van der Waals surface area (Å²) in [5, 5.41) is 11.6. The van der Waals surface area contributed by atoms with Crippen molar-refractivity contribution in [3.05, 3.63) is 34.4 Å². The molecule has 0 heterocycles. The van der Waals surface area contributed by atoms with Gasteiger partial charge in [0.1, 0.15) is 0 Å². The Kier molecular flexibility index (Phi) is 4.99. The third-order valence-corrected chi connectivity index (χ3v) is 2.35. The van der Waals surface area contributed by atoms with Crippen LogP contribution < -0.4 is 10.4 Å². The van der Waals surface area contributed by atoms with Crippen LogP contribution in [0.3, 0.4) is 0 Å². The van der Waals surface area contributed by atoms with Crippen molar-refractivity contribution in [2.45, 2.75) is 26.7 Å². The lowest BCUT2D eigenvalue weighted by molar-refractivity contribution is -0.384. The number of nitro benzene ring substituents is 1. The summed E-state index contributed by atoms with van der Waals surface area (Å²) in [5.74, 6) is -0.658. The first kappa shape index (κ1) is 14.6. The van der Waals surface area contributed by atoms with Crippen LogP contribution in [0.5, 0.6) is 0 Å². The van der Waals surface area contributed by atoms with E-state index in [1.165, 1.54) is 31.2 Å². The standard InChI is InChI=1S/C12H15N3O4/c1-3-4-12(17)13-14(9(2)16)10-5-7-11(8-6-10)15(18)19/h5-8H,3-4H2,1-2H3,(H,13,17). The smallest absolute Gasteiger partial charge is 0.269 e. The van der Waals surface area contributed by atoms with Crippen LogP contribution in [0, 0.1) is 10.1 Å². The van der Waals surface area contributed by atoms with Gasteiger partial charge in [0, 0.05) is 25.5 Å². The van der Waals surface area contributed by atoms with Gasteiger partial charge >= 0.3 is 0 Å². The number of nitrogens with zero attached hydrogens (tertiary/aromatic N) is 2. The Balaban J connectivity index is 2.90. The van der Waals surface area contributed by atoms with E-state index >= 15 is 0 Å². The third-order valence-electron chi connectivity index (χ3n) is 2.35. The maximum absolute atomic E-state index is 11.5. The summed E-state index contributed by atoms with van der Waals surface area (Å²) in [4.78, 5) is 33.0. The van der Waals surface area contributed by atoms with Crippen LogP contribution in [0.25, 0.3) is 0 Å². The Bertz CT molecular complexity index is 484. The van der Waals surface area contributed by atoms with E-state index < -0.39 is 4.92 Å². The number of amides is 2. The molecule has 0 aromatic heterocycles. The minimum absolute atomic E-state index is 0.0767. The van der Waals surface area contributed by atoms with Crippen molar-refractivity contribution >= 4 is 23.2 Å². The highest BCUT2D eigenvalue weighted by Crippen LogP contribution is 2.18. The fourth-order valence-corrected chi connectivity index (χ4v) is 1.46. The van der Waals surface area contributed by atoms with Gasteiger partial charge in [-0.1, -0.05) is 6.92 Å². The lowest BCUT2D eigenvalue weighted by Gasteiger charge is -2.21. The van der Waals surface area contributed by atoms with Crippen LogP contribution in [-0.4, -0.2) is 16.7 Å². The first-order valence-electron chi connectivity index (χ1n) is 5.80. The number of carbonyl (C=O) groups is 2. The Morgan fingerprint density at radius 2 is 1.89 bits per heavy atom. The largest absolute Gasteiger partial charge is 0.273 e. The summed E-state index contributed by atoms with van der Waals surface area (Å²) >= 11 is 0. The molecule has 0 bridgehead atoms. The van der Waals surface area contributed by atoms with Crippen molar-refractivity contribution < 1.29 is 14.5 Å². The highest BCUT2D eigenvalue weighted by Gasteiger charge is 2.15. The summed E-state index contributed by atoms with van der Waals surface area (Å²) in [6.45, 7) is 3.15. The number of nitro groups is 1. The molecule has 7 nitrogen and oxygen atoms in total. The molecule has 0 fully saturated rings. The number of non-ortho nitro benzene ring substituents is 1. The number of carbonyl (C=O) groups excluding carboxylic acids is 2. The summed E-state index contributed by atoms with van der Waals surface area (Å²) < 4.78 is 0. The number of nitrogens with one attached hydrogen (secondary N) is 1. The normalized spacial score (nSPS) is 9.79. The van der Waals surface area contributed by atoms with E-state index in [0.29, 0.717) is 18.5 Å². The molecule has 0 aliphatic carbocycles. The highest BCUT2D eigenvalue weighted by atomic mass is 16.6. The van der Waals surface area contributed by atoms with E-state index in [-0.39, 0.29) is 17.5 Å². The van der Waals surface area contributed by atoms with Gasteiger partial charge in [-0.15, -0.1) is 0 Å². The molecule has 7 heteroatoms. The molecule has 2 amide bonds. The molecule has 0 spiro atoms. The van der Waals surface area contributed by atoms with E-state index in [1.54, 1.807) is 0 Å². The minimum atomic E-state index is -0.530. The Hall–Kier alpha value is -2.44. The van der Waals surface area contributed by atoms with Gasteiger partial charge in [0.2, 0.25) is 11.8 Å². The quantitative estimate of drug-likeness (QED) is 0.663. The number of hydrogen-bond acceptors (Lipinski definition) is 4. The molecule has 0 saturated heterocycles. The first-order chi connectivity index (χ1) is 8.95. The molecule has 0 atom stereocenters. The van der Waals surface area contributed by atoms with Crippen LogP contribution in [0.4, 0.5) is 11.4 Å². The Labute approximate surface area is 110 Å². The average molecular weight is 265 g/mol. The zero-order valence-corrected chi connectivity index (χ0v) is 10.8. The molecule has 1 aromatic carbocycles. The van der Waals surface area contributed by atoms with Gasteiger partial charge in [-0.3, -0.25) is 25.1 Å². The molecular weight excluding hydrogens is 250 g/mol. The molecule has 0 unspecified atom stereocenters. The lowest BCUT2D eigenvalue weighted by atomic mass is 10.2. The Morgan fingerprint density at radius 1 is 1.32 bits per heavy atom. The SMILES string of the molecule is CCCC(=O)NN(C(C)=O)c1ccc([N+](=O)[O-])cc1. The number of hydrazine groups is 1. The maximum atomic E-state index is 11.5. The Morgan fingerprint density at radius 3 is 2.32 bits per heavy atom. The molecule has 0 radical (unpaired) electrons. The van der Waals surface area contributed by atoms with E-state index in [4.69, 9.17) is 0 Å². The average Bonchev–Trinajstić information content (AvgIpc) is 2.36. The second kappa shape index (κ2) is 6.48. The topological polar surface area (TPSA) is 92.6 Å². The van der Waals surface area contributed by atoms with Crippen molar-refractivity contribution in [3.8, 4) is 0 Å². The van der Waals surface area contributed by atoms with Crippen LogP contribution in [0.2, 0.25) is 0 Å². The van der Waals surface area contributed by atoms with Gasteiger partial charge in [0.05, 0.1) is 10.6 Å². The monoisotopic (exact) mass is 265 g/mol. The predicted molar refractivity (Wildman–Crippen MR) is 69.3 cm³/mol. The number of rotatable bonds is 4. The van der Waals surface area contributed by atoms with Gasteiger partial charge in [-0.2, -0.15) is 0 Å². The van der Waals surface area contributed by atoms with Crippen molar-refractivity contribution in [2.24, 2.45) is 0 Å². The number of benzene rings is 1. The van der Waals surface area contributed by atoms with Crippen LogP contribution in [-0.2, 0) is 9.59 Å². The van der Waals surface area contributed by atoms with Crippen molar-refractivity contribution in [2.75, 3.05) is 5.01 Å². The fourth-order valence-electron chi connectivity index (χ4n) is 1.46. The van der Waals surface area contributed by atoms with Gasteiger partial charge in [0.15, 0.2) is 0 Å². The molecule has 1 aromatic rings. The maximum Gasteiger partial charge on any atom is 0.269 e. The molecule has 1 N–H and O–H groups in total. The molecule has 0 saturated carbocycles. The van der Waals surface area contributed by atoms with Gasteiger partial charge in [0.25, 0.3) is 5.69 Å². The molecule has 19 heavy (non-hydrogen) atoms. The molecule has 1 rings (SSSR count). The minimum Gasteiger partial charge on any atom is -0.273 e. The van der Waals surface area contributed by atoms with Crippen LogP contribution in [0.1, 0.15) is 26.7 Å². The second-order valence-electron chi connectivity index (χ2n) is 3.91. The van der Waals surface area contributed by atoms with Crippen molar-refractivity contribution in [3.63, 3.8) is 0 Å². The van der Waals surface area contributed by atoms with E-state index in [2.05, 4.69) is 5.43 Å². The van der Waals surface area contributed by atoms with Crippen molar-refractivity contribution in [1.29, 1.82) is 0 Å². The molecule has 102 valence electrons. The summed E-state index contributed by atoms with van der Waals surface area (Å²) in [5.41, 5.74) is 2.76. The molecule has 0 aliphatic rings.